The summed E-state index contributed by atoms with van der Waals surface area (Å²) in [5, 5.41) is 2.94. The molecular weight excluding hydrogens is 504 g/mol. The van der Waals surface area contributed by atoms with Crippen molar-refractivity contribution in [1.82, 2.24) is 10.2 Å². The minimum atomic E-state index is -2.49. The average Bonchev–Trinajstić information content (AvgIpc) is 2.95. The van der Waals surface area contributed by atoms with Gasteiger partial charge in [0.2, 0.25) is 0 Å². The van der Waals surface area contributed by atoms with E-state index in [9.17, 15) is 19.2 Å². The molecule has 1 aliphatic heterocycles. The molecule has 0 unspecified atom stereocenters. The lowest BCUT2D eigenvalue weighted by molar-refractivity contribution is -0.178. The number of amides is 1. The Hall–Kier alpha value is -3.14. The van der Waals surface area contributed by atoms with Crippen molar-refractivity contribution in [2.45, 2.75) is 90.3 Å². The van der Waals surface area contributed by atoms with Gasteiger partial charge in [0.15, 0.2) is 0 Å². The SMILES string of the molecule is CCCCOC(=O)C(N[C@@H]1CCCN(C(=O)OCc2ccccc2)C1)(C(=O)OCCCC)C(=O)OCCCC. The van der Waals surface area contributed by atoms with Crippen LogP contribution in [-0.2, 0) is 39.9 Å². The fourth-order valence-electron chi connectivity index (χ4n) is 4.06. The third kappa shape index (κ3) is 9.84. The maximum absolute atomic E-state index is 13.4. The number of nitrogens with one attached hydrogen (secondary N) is 1. The summed E-state index contributed by atoms with van der Waals surface area (Å²) in [6.07, 6.45) is 4.57. The summed E-state index contributed by atoms with van der Waals surface area (Å²) in [7, 11) is 0. The molecule has 218 valence electrons. The van der Waals surface area contributed by atoms with Gasteiger partial charge in [-0.1, -0.05) is 70.4 Å². The molecule has 1 saturated heterocycles. The van der Waals surface area contributed by atoms with Crippen LogP contribution in [0.25, 0.3) is 0 Å². The van der Waals surface area contributed by atoms with Gasteiger partial charge in [-0.25, -0.2) is 19.2 Å². The molecule has 0 aliphatic carbocycles. The Morgan fingerprint density at radius 2 is 1.33 bits per heavy atom. The molecule has 1 aromatic carbocycles. The van der Waals surface area contributed by atoms with Gasteiger partial charge in [0, 0.05) is 19.1 Å². The molecule has 1 atom stereocenters. The Bertz CT molecular complexity index is 853. The van der Waals surface area contributed by atoms with Crippen LogP contribution in [0.15, 0.2) is 30.3 Å². The largest absolute Gasteiger partial charge is 0.463 e. The van der Waals surface area contributed by atoms with Crippen LogP contribution in [0, 0.1) is 0 Å². The van der Waals surface area contributed by atoms with Gasteiger partial charge in [-0.3, -0.25) is 5.32 Å². The zero-order chi connectivity index (χ0) is 28.5. The monoisotopic (exact) mass is 548 g/mol. The van der Waals surface area contributed by atoms with Gasteiger partial charge in [-0.2, -0.15) is 0 Å². The summed E-state index contributed by atoms with van der Waals surface area (Å²) in [5.74, 6) is -3.16. The summed E-state index contributed by atoms with van der Waals surface area (Å²) in [5.41, 5.74) is -1.63. The molecule has 0 bridgehead atoms. The molecular formula is C29H44N2O8. The molecule has 1 amide bonds. The Morgan fingerprint density at radius 3 is 1.82 bits per heavy atom. The summed E-state index contributed by atoms with van der Waals surface area (Å²) < 4.78 is 21.7. The maximum Gasteiger partial charge on any atom is 0.410 e. The molecule has 1 N–H and O–H groups in total. The number of esters is 3. The third-order valence-electron chi connectivity index (χ3n) is 6.42. The molecule has 0 radical (unpaired) electrons. The van der Waals surface area contributed by atoms with Crippen molar-refractivity contribution in [2.24, 2.45) is 0 Å². The molecule has 2 rings (SSSR count). The summed E-state index contributed by atoms with van der Waals surface area (Å²) in [6.45, 7) is 6.64. The van der Waals surface area contributed by atoms with E-state index in [0.29, 0.717) is 38.6 Å². The normalized spacial score (nSPS) is 15.4. The molecule has 0 aromatic heterocycles. The number of rotatable bonds is 16. The Kier molecular flexibility index (Phi) is 14.3. The van der Waals surface area contributed by atoms with E-state index in [1.165, 1.54) is 4.90 Å². The molecule has 1 heterocycles. The van der Waals surface area contributed by atoms with E-state index in [4.69, 9.17) is 18.9 Å². The highest BCUT2D eigenvalue weighted by atomic mass is 16.6. The van der Waals surface area contributed by atoms with Crippen LogP contribution in [-0.4, -0.2) is 73.4 Å². The average molecular weight is 549 g/mol. The first kappa shape index (κ1) is 32.1. The number of hydrogen-bond donors (Lipinski definition) is 1. The second-order valence-corrected chi connectivity index (χ2v) is 9.69. The van der Waals surface area contributed by atoms with Gasteiger partial charge in [0.05, 0.1) is 19.8 Å². The van der Waals surface area contributed by atoms with Crippen LogP contribution in [0.3, 0.4) is 0 Å². The van der Waals surface area contributed by atoms with Crippen molar-refractivity contribution >= 4 is 24.0 Å². The lowest BCUT2D eigenvalue weighted by Crippen LogP contribution is -2.69. The van der Waals surface area contributed by atoms with Crippen LogP contribution in [0.2, 0.25) is 0 Å². The fourth-order valence-corrected chi connectivity index (χ4v) is 4.06. The molecule has 10 nitrogen and oxygen atoms in total. The van der Waals surface area contributed by atoms with E-state index in [1.807, 2.05) is 51.1 Å². The maximum atomic E-state index is 13.4. The second kappa shape index (κ2) is 17.4. The Labute approximate surface area is 231 Å². The number of likely N-dealkylation sites (tertiary alicyclic amines) is 1. The van der Waals surface area contributed by atoms with E-state index in [1.54, 1.807) is 0 Å². The standard InChI is InChI=1S/C29H44N2O8/c1-4-7-18-36-25(32)29(26(33)37-19-8-5-2,27(34)38-20-9-6-3)30-24-16-13-17-31(21-24)28(35)39-22-23-14-11-10-12-15-23/h10-12,14-15,24,30H,4-9,13,16-22H2,1-3H3/t24-/m1/s1. The number of nitrogens with zero attached hydrogens (tertiary/aromatic N) is 1. The molecule has 1 fully saturated rings. The highest BCUT2D eigenvalue weighted by molar-refractivity contribution is 6.23. The quantitative estimate of drug-likeness (QED) is 0.141. The van der Waals surface area contributed by atoms with Gasteiger partial charge in [0.1, 0.15) is 6.61 Å². The number of benzene rings is 1. The highest BCUT2D eigenvalue weighted by Crippen LogP contribution is 2.21. The zero-order valence-electron chi connectivity index (χ0n) is 23.6. The van der Waals surface area contributed by atoms with Crippen molar-refractivity contribution < 1.29 is 38.1 Å². The van der Waals surface area contributed by atoms with E-state index in [2.05, 4.69) is 5.32 Å². The van der Waals surface area contributed by atoms with Gasteiger partial charge in [0.25, 0.3) is 0 Å². The van der Waals surface area contributed by atoms with Gasteiger partial charge in [-0.15, -0.1) is 0 Å². The first-order valence-corrected chi connectivity index (χ1v) is 14.1. The number of hydrogen-bond acceptors (Lipinski definition) is 9. The van der Waals surface area contributed by atoms with Crippen molar-refractivity contribution in [3.63, 3.8) is 0 Å². The van der Waals surface area contributed by atoms with Gasteiger partial charge in [-0.05, 0) is 37.7 Å². The van der Waals surface area contributed by atoms with E-state index in [0.717, 1.165) is 24.8 Å². The van der Waals surface area contributed by atoms with Crippen molar-refractivity contribution in [2.75, 3.05) is 32.9 Å². The fraction of sp³-hybridized carbons (Fsp3) is 0.655. The number of carbonyl (C=O) groups is 4. The van der Waals surface area contributed by atoms with Crippen LogP contribution >= 0.6 is 0 Å². The summed E-state index contributed by atoms with van der Waals surface area (Å²) in [4.78, 5) is 54.6. The first-order chi connectivity index (χ1) is 18.9. The molecule has 10 heteroatoms. The van der Waals surface area contributed by atoms with E-state index < -0.39 is 35.6 Å². The topological polar surface area (TPSA) is 120 Å². The minimum absolute atomic E-state index is 0.0475. The first-order valence-electron chi connectivity index (χ1n) is 14.1. The van der Waals surface area contributed by atoms with Crippen LogP contribution in [0.4, 0.5) is 4.79 Å². The van der Waals surface area contributed by atoms with Crippen molar-refractivity contribution in [1.29, 1.82) is 0 Å². The lowest BCUT2D eigenvalue weighted by atomic mass is 9.95. The van der Waals surface area contributed by atoms with Gasteiger partial charge >= 0.3 is 29.5 Å². The van der Waals surface area contributed by atoms with E-state index >= 15 is 0 Å². The lowest BCUT2D eigenvalue weighted by Gasteiger charge is -2.37. The Morgan fingerprint density at radius 1 is 0.821 bits per heavy atom. The van der Waals surface area contributed by atoms with Crippen molar-refractivity contribution in [3.05, 3.63) is 35.9 Å². The number of piperidine rings is 1. The van der Waals surface area contributed by atoms with Crippen LogP contribution in [0.5, 0.6) is 0 Å². The number of unbranched alkanes of at least 4 members (excludes halogenated alkanes) is 3. The highest BCUT2D eigenvalue weighted by Gasteiger charge is 2.59. The third-order valence-corrected chi connectivity index (χ3v) is 6.42. The van der Waals surface area contributed by atoms with Crippen molar-refractivity contribution in [3.8, 4) is 0 Å². The smallest absolute Gasteiger partial charge is 0.410 e. The summed E-state index contributed by atoms with van der Waals surface area (Å²) >= 11 is 0. The molecule has 0 saturated carbocycles. The molecule has 1 aliphatic rings. The predicted octanol–water partition coefficient (Wildman–Crippen LogP) is 4.15. The van der Waals surface area contributed by atoms with Crippen LogP contribution < -0.4 is 5.32 Å². The Balaban J connectivity index is 2.24. The second-order valence-electron chi connectivity index (χ2n) is 9.69. The molecule has 39 heavy (non-hydrogen) atoms. The van der Waals surface area contributed by atoms with E-state index in [-0.39, 0.29) is 33.0 Å². The summed E-state index contributed by atoms with van der Waals surface area (Å²) in [6, 6.07) is 8.75. The molecule has 0 spiro atoms. The predicted molar refractivity (Wildman–Crippen MR) is 145 cm³/mol. The zero-order valence-corrected chi connectivity index (χ0v) is 23.6. The number of carbonyl (C=O) groups excluding carboxylic acids is 4. The van der Waals surface area contributed by atoms with Gasteiger partial charge < -0.3 is 23.8 Å². The minimum Gasteiger partial charge on any atom is -0.463 e. The number of ether oxygens (including phenoxy) is 4. The molecule has 1 aromatic rings. The van der Waals surface area contributed by atoms with Crippen LogP contribution in [0.1, 0.15) is 77.7 Å².